The summed E-state index contributed by atoms with van der Waals surface area (Å²) in [7, 11) is 0. The molecule has 0 bridgehead atoms. The van der Waals surface area contributed by atoms with Crippen LogP contribution in [-0.4, -0.2) is 35.1 Å². The van der Waals surface area contributed by atoms with E-state index in [1.807, 2.05) is 44.2 Å². The zero-order chi connectivity index (χ0) is 20.9. The molecular weight excluding hydrogens is 352 g/mol. The molecule has 1 saturated carbocycles. The van der Waals surface area contributed by atoms with Crippen molar-refractivity contribution in [1.82, 2.24) is 10.0 Å². The number of amides is 1. The van der Waals surface area contributed by atoms with Gasteiger partial charge in [-0.15, -0.1) is 0 Å². The first-order chi connectivity index (χ1) is 13.4. The maximum atomic E-state index is 12.5. The normalized spacial score (nSPS) is 21.7. The Balaban J connectivity index is 2.80. The minimum atomic E-state index is -1.98. The van der Waals surface area contributed by atoms with Crippen LogP contribution in [0, 0.1) is 56.2 Å². The molecule has 142 valence electrons. The second-order valence-corrected chi connectivity index (χ2v) is 6.78. The van der Waals surface area contributed by atoms with Crippen molar-refractivity contribution in [2.75, 3.05) is 13.1 Å². The average molecular weight is 374 g/mol. The van der Waals surface area contributed by atoms with Crippen LogP contribution in [-0.2, 0) is 4.79 Å². The van der Waals surface area contributed by atoms with Crippen LogP contribution in [0.5, 0.6) is 0 Å². The zero-order valence-corrected chi connectivity index (χ0v) is 16.3. The molecule has 1 aromatic rings. The van der Waals surface area contributed by atoms with Crippen molar-refractivity contribution in [2.45, 2.75) is 39.2 Å². The predicted molar refractivity (Wildman–Crippen MR) is 100 cm³/mol. The van der Waals surface area contributed by atoms with Crippen LogP contribution in [0.2, 0.25) is 0 Å². The highest BCUT2D eigenvalue weighted by Gasteiger charge is 2.71. The van der Waals surface area contributed by atoms with Gasteiger partial charge >= 0.3 is 0 Å². The van der Waals surface area contributed by atoms with Gasteiger partial charge in [0.1, 0.15) is 0 Å². The standard InChI is InChI=1S/C21H22N6O/c1-4-26(5-2)27(16(3)28)19-11-18(17-9-7-6-8-10-17)20(12-22,13-23)21(19,14-24)15-25/h6-10,18-19H,4-5,11H2,1-3H3/t18-,19-/m1/s1. The highest BCUT2D eigenvalue weighted by molar-refractivity contribution is 5.74. The molecule has 1 amide bonds. The van der Waals surface area contributed by atoms with E-state index in [1.54, 1.807) is 29.3 Å². The van der Waals surface area contributed by atoms with Crippen LogP contribution in [0.15, 0.2) is 30.3 Å². The fourth-order valence-corrected chi connectivity index (χ4v) is 4.32. The van der Waals surface area contributed by atoms with Crippen LogP contribution in [0.4, 0.5) is 0 Å². The molecule has 0 radical (unpaired) electrons. The van der Waals surface area contributed by atoms with Gasteiger partial charge in [-0.2, -0.15) is 21.0 Å². The third-order valence-electron chi connectivity index (χ3n) is 5.66. The lowest BCUT2D eigenvalue weighted by atomic mass is 9.63. The minimum absolute atomic E-state index is 0.169. The quantitative estimate of drug-likeness (QED) is 0.731. The van der Waals surface area contributed by atoms with E-state index in [4.69, 9.17) is 0 Å². The third-order valence-corrected chi connectivity index (χ3v) is 5.66. The highest BCUT2D eigenvalue weighted by atomic mass is 16.2. The second kappa shape index (κ2) is 8.10. The molecule has 0 spiro atoms. The summed E-state index contributed by atoms with van der Waals surface area (Å²) in [6.45, 7) is 6.08. The number of rotatable bonds is 5. The summed E-state index contributed by atoms with van der Waals surface area (Å²) in [4.78, 5) is 12.5. The lowest BCUT2D eigenvalue weighted by Crippen LogP contribution is -2.57. The fourth-order valence-electron chi connectivity index (χ4n) is 4.32. The van der Waals surface area contributed by atoms with E-state index < -0.39 is 22.8 Å². The van der Waals surface area contributed by atoms with E-state index in [0.29, 0.717) is 18.7 Å². The molecule has 1 aliphatic carbocycles. The van der Waals surface area contributed by atoms with Crippen LogP contribution in [0.3, 0.4) is 0 Å². The first kappa shape index (κ1) is 20.9. The molecule has 0 N–H and O–H groups in total. The van der Waals surface area contributed by atoms with Gasteiger partial charge in [0.25, 0.3) is 0 Å². The number of hydrogen-bond acceptors (Lipinski definition) is 6. The van der Waals surface area contributed by atoms with Gasteiger partial charge in [0.15, 0.2) is 10.8 Å². The molecule has 0 aromatic heterocycles. The summed E-state index contributed by atoms with van der Waals surface area (Å²) < 4.78 is 0. The van der Waals surface area contributed by atoms with Crippen molar-refractivity contribution < 1.29 is 4.79 Å². The highest BCUT2D eigenvalue weighted by Crippen LogP contribution is 2.61. The maximum Gasteiger partial charge on any atom is 0.234 e. The van der Waals surface area contributed by atoms with Crippen molar-refractivity contribution in [2.24, 2.45) is 10.8 Å². The molecule has 1 fully saturated rings. The van der Waals surface area contributed by atoms with E-state index in [1.165, 1.54) is 11.9 Å². The van der Waals surface area contributed by atoms with Crippen LogP contribution in [0.1, 0.15) is 38.7 Å². The van der Waals surface area contributed by atoms with Gasteiger partial charge in [0.05, 0.1) is 30.3 Å². The SMILES string of the molecule is CCN(CC)N(C(C)=O)[C@@H]1C[C@H](c2ccccc2)C(C#N)(C#N)C1(C#N)C#N. The fraction of sp³-hybridized carbons (Fsp3) is 0.476. The molecule has 1 aliphatic rings. The summed E-state index contributed by atoms with van der Waals surface area (Å²) in [5.41, 5.74) is -3.18. The summed E-state index contributed by atoms with van der Waals surface area (Å²) >= 11 is 0. The second-order valence-electron chi connectivity index (χ2n) is 6.78. The van der Waals surface area contributed by atoms with Crippen LogP contribution in [0.25, 0.3) is 0 Å². The molecule has 0 unspecified atom stereocenters. The number of benzene rings is 1. The number of nitriles is 4. The van der Waals surface area contributed by atoms with Crippen LogP contribution < -0.4 is 0 Å². The molecule has 7 heteroatoms. The lowest BCUT2D eigenvalue weighted by molar-refractivity contribution is -0.155. The Kier molecular flexibility index (Phi) is 6.05. The van der Waals surface area contributed by atoms with Gasteiger partial charge in [-0.05, 0) is 12.0 Å². The largest absolute Gasteiger partial charge is 0.274 e. The number of carbonyl (C=O) groups is 1. The van der Waals surface area contributed by atoms with Crippen molar-refractivity contribution in [1.29, 1.82) is 21.0 Å². The van der Waals surface area contributed by atoms with Gasteiger partial charge in [0.2, 0.25) is 5.91 Å². The Morgan fingerprint density at radius 2 is 1.50 bits per heavy atom. The minimum Gasteiger partial charge on any atom is -0.274 e. The molecule has 2 rings (SSSR count). The van der Waals surface area contributed by atoms with E-state index in [9.17, 15) is 25.8 Å². The maximum absolute atomic E-state index is 12.5. The molecule has 7 nitrogen and oxygen atoms in total. The van der Waals surface area contributed by atoms with Crippen molar-refractivity contribution in [3.05, 3.63) is 35.9 Å². The van der Waals surface area contributed by atoms with Gasteiger partial charge < -0.3 is 0 Å². The Morgan fingerprint density at radius 1 is 1.00 bits per heavy atom. The Morgan fingerprint density at radius 3 is 1.89 bits per heavy atom. The Bertz CT molecular complexity index is 866. The Hall–Kier alpha value is -3.39. The molecule has 1 aromatic carbocycles. The van der Waals surface area contributed by atoms with Crippen molar-refractivity contribution in [3.63, 3.8) is 0 Å². The smallest absolute Gasteiger partial charge is 0.234 e. The monoisotopic (exact) mass is 374 g/mol. The summed E-state index contributed by atoms with van der Waals surface area (Å²) in [6.07, 6.45) is 0.169. The number of hydrazine groups is 1. The number of hydrogen-bond donors (Lipinski definition) is 0. The van der Waals surface area contributed by atoms with Gasteiger partial charge in [0, 0.05) is 25.9 Å². The molecule has 28 heavy (non-hydrogen) atoms. The molecular formula is C21H22N6O. The predicted octanol–water partition coefficient (Wildman–Crippen LogP) is 2.71. The van der Waals surface area contributed by atoms with Crippen molar-refractivity contribution >= 4 is 5.91 Å². The zero-order valence-electron chi connectivity index (χ0n) is 16.3. The average Bonchev–Trinajstić information content (AvgIpc) is 3.02. The molecule has 0 aliphatic heterocycles. The van der Waals surface area contributed by atoms with Gasteiger partial charge in [-0.25, -0.2) is 5.01 Å². The molecule has 0 saturated heterocycles. The number of carbonyl (C=O) groups excluding carboxylic acids is 1. The van der Waals surface area contributed by atoms with Gasteiger partial charge in [-0.3, -0.25) is 9.80 Å². The summed E-state index contributed by atoms with van der Waals surface area (Å²) in [5, 5.41) is 43.4. The van der Waals surface area contributed by atoms with E-state index >= 15 is 0 Å². The lowest BCUT2D eigenvalue weighted by Gasteiger charge is -2.41. The summed E-state index contributed by atoms with van der Waals surface area (Å²) in [6, 6.07) is 16.0. The van der Waals surface area contributed by atoms with E-state index in [0.717, 1.165) is 0 Å². The Labute approximate surface area is 165 Å². The molecule has 2 atom stereocenters. The first-order valence-corrected chi connectivity index (χ1v) is 9.17. The third kappa shape index (κ3) is 2.78. The topological polar surface area (TPSA) is 119 Å². The van der Waals surface area contributed by atoms with Crippen LogP contribution >= 0.6 is 0 Å². The van der Waals surface area contributed by atoms with E-state index in [2.05, 4.69) is 0 Å². The van der Waals surface area contributed by atoms with Gasteiger partial charge in [-0.1, -0.05) is 44.2 Å². The summed E-state index contributed by atoms with van der Waals surface area (Å²) in [5.74, 6) is -1.01. The molecule has 0 heterocycles. The van der Waals surface area contributed by atoms with Crippen molar-refractivity contribution in [3.8, 4) is 24.3 Å². The van der Waals surface area contributed by atoms with E-state index in [-0.39, 0.29) is 12.3 Å². The first-order valence-electron chi connectivity index (χ1n) is 9.17. The number of nitrogens with zero attached hydrogens (tertiary/aromatic N) is 6.